The molecule has 0 spiro atoms. The predicted octanol–water partition coefficient (Wildman–Crippen LogP) is 1.86. The summed E-state index contributed by atoms with van der Waals surface area (Å²) in [5.41, 5.74) is -0.113. The van der Waals surface area contributed by atoms with Crippen molar-refractivity contribution in [2.24, 2.45) is 17.3 Å². The highest BCUT2D eigenvalue weighted by Gasteiger charge is 2.57. The minimum atomic E-state index is -1.01. The highest BCUT2D eigenvalue weighted by Crippen LogP contribution is 2.58. The molecule has 2 aliphatic rings. The van der Waals surface area contributed by atoms with E-state index in [4.69, 9.17) is 0 Å². The molecule has 3 nitrogen and oxygen atoms in total. The second-order valence-electron chi connectivity index (χ2n) is 7.08. The van der Waals surface area contributed by atoms with Crippen LogP contribution >= 0.6 is 0 Å². The Morgan fingerprint density at radius 3 is 2.39 bits per heavy atom. The molecule has 0 heterocycles. The first-order valence-electron chi connectivity index (χ1n) is 6.91. The maximum atomic E-state index is 10.5. The van der Waals surface area contributed by atoms with Gasteiger partial charge in [-0.3, -0.25) is 0 Å². The first kappa shape index (κ1) is 14.0. The number of hydrogen-bond acceptors (Lipinski definition) is 3. The van der Waals surface area contributed by atoms with Crippen LogP contribution in [0.5, 0.6) is 0 Å². The van der Waals surface area contributed by atoms with Crippen molar-refractivity contribution >= 4 is 0 Å². The molecule has 0 aromatic carbocycles. The quantitative estimate of drug-likeness (QED) is 0.578. The van der Waals surface area contributed by atoms with Gasteiger partial charge in [0, 0.05) is 0 Å². The maximum absolute atomic E-state index is 10.5. The van der Waals surface area contributed by atoms with E-state index in [0.717, 1.165) is 18.4 Å². The molecule has 104 valence electrons. The standard InChI is InChI=1S/C15H26O3/c1-9-5-6-13(17)15(4,18)11-7-10(11)14(2,3)8-12(9)16/h5,10-13,16-18H,6-8H2,1-4H3/t10-,11-,12+,13+,15+/m0/s1. The van der Waals surface area contributed by atoms with E-state index in [1.54, 1.807) is 6.92 Å². The van der Waals surface area contributed by atoms with Crippen LogP contribution in [0.4, 0.5) is 0 Å². The average molecular weight is 254 g/mol. The maximum Gasteiger partial charge on any atom is 0.0911 e. The Kier molecular flexibility index (Phi) is 3.37. The number of aliphatic hydroxyl groups is 3. The Morgan fingerprint density at radius 1 is 1.17 bits per heavy atom. The average Bonchev–Trinajstić information content (AvgIpc) is 3.03. The van der Waals surface area contributed by atoms with Crippen molar-refractivity contribution in [3.05, 3.63) is 11.6 Å². The van der Waals surface area contributed by atoms with Gasteiger partial charge in [-0.2, -0.15) is 0 Å². The van der Waals surface area contributed by atoms with Gasteiger partial charge in [0.1, 0.15) is 0 Å². The van der Waals surface area contributed by atoms with Crippen LogP contribution in [0.25, 0.3) is 0 Å². The fourth-order valence-corrected chi connectivity index (χ4v) is 3.43. The molecule has 18 heavy (non-hydrogen) atoms. The van der Waals surface area contributed by atoms with E-state index in [2.05, 4.69) is 13.8 Å². The molecule has 0 aromatic rings. The lowest BCUT2D eigenvalue weighted by Crippen LogP contribution is -2.43. The van der Waals surface area contributed by atoms with Gasteiger partial charge in [0.25, 0.3) is 0 Å². The molecule has 0 unspecified atom stereocenters. The highest BCUT2D eigenvalue weighted by molar-refractivity contribution is 5.14. The van der Waals surface area contributed by atoms with Crippen LogP contribution in [0.3, 0.4) is 0 Å². The van der Waals surface area contributed by atoms with Gasteiger partial charge in [0.2, 0.25) is 0 Å². The molecule has 0 bridgehead atoms. The second-order valence-corrected chi connectivity index (χ2v) is 7.08. The summed E-state index contributed by atoms with van der Waals surface area (Å²) in [5, 5.41) is 30.8. The molecule has 0 amide bonds. The SMILES string of the molecule is CC1=CC[C@@H](O)[C@](C)(O)[C@H]2C[C@@H]2C(C)(C)C[C@H]1O. The van der Waals surface area contributed by atoms with Gasteiger partial charge in [-0.15, -0.1) is 0 Å². The van der Waals surface area contributed by atoms with Crippen LogP contribution in [0, 0.1) is 17.3 Å². The van der Waals surface area contributed by atoms with Crippen molar-refractivity contribution in [1.82, 2.24) is 0 Å². The third-order valence-corrected chi connectivity index (χ3v) is 5.13. The van der Waals surface area contributed by atoms with E-state index < -0.39 is 17.8 Å². The largest absolute Gasteiger partial charge is 0.390 e. The van der Waals surface area contributed by atoms with Crippen molar-refractivity contribution in [2.45, 2.75) is 64.8 Å². The minimum Gasteiger partial charge on any atom is -0.390 e. The molecule has 0 saturated heterocycles. The molecule has 3 N–H and O–H groups in total. The third kappa shape index (κ3) is 2.36. The Bertz CT molecular complexity index is 357. The first-order chi connectivity index (χ1) is 8.16. The van der Waals surface area contributed by atoms with E-state index in [1.165, 1.54) is 0 Å². The molecule has 3 heteroatoms. The van der Waals surface area contributed by atoms with Gasteiger partial charge >= 0.3 is 0 Å². The van der Waals surface area contributed by atoms with E-state index in [-0.39, 0.29) is 11.3 Å². The van der Waals surface area contributed by atoms with Crippen molar-refractivity contribution < 1.29 is 15.3 Å². The van der Waals surface area contributed by atoms with E-state index >= 15 is 0 Å². The van der Waals surface area contributed by atoms with Crippen molar-refractivity contribution in [1.29, 1.82) is 0 Å². The van der Waals surface area contributed by atoms with Gasteiger partial charge in [-0.25, -0.2) is 0 Å². The van der Waals surface area contributed by atoms with Gasteiger partial charge in [0.15, 0.2) is 0 Å². The summed E-state index contributed by atoms with van der Waals surface area (Å²) in [6, 6.07) is 0. The smallest absolute Gasteiger partial charge is 0.0911 e. The van der Waals surface area contributed by atoms with Gasteiger partial charge in [-0.1, -0.05) is 19.9 Å². The second kappa shape index (κ2) is 4.32. The summed E-state index contributed by atoms with van der Waals surface area (Å²) in [4.78, 5) is 0. The van der Waals surface area contributed by atoms with Crippen molar-refractivity contribution in [3.63, 3.8) is 0 Å². The number of aliphatic hydroxyl groups excluding tert-OH is 2. The van der Waals surface area contributed by atoms with Gasteiger partial charge < -0.3 is 15.3 Å². The fraction of sp³-hybridized carbons (Fsp3) is 0.867. The summed E-state index contributed by atoms with van der Waals surface area (Å²) >= 11 is 0. The number of fused-ring (bicyclic) bond motifs is 1. The summed E-state index contributed by atoms with van der Waals surface area (Å²) in [6.45, 7) is 7.95. The molecular formula is C15H26O3. The normalized spacial score (nSPS) is 48.1. The zero-order chi connectivity index (χ0) is 13.7. The van der Waals surface area contributed by atoms with Gasteiger partial charge in [-0.05, 0) is 55.9 Å². The van der Waals surface area contributed by atoms with Crippen LogP contribution in [-0.2, 0) is 0 Å². The molecule has 0 radical (unpaired) electrons. The predicted molar refractivity (Wildman–Crippen MR) is 71.0 cm³/mol. The molecular weight excluding hydrogens is 228 g/mol. The van der Waals surface area contributed by atoms with Gasteiger partial charge in [0.05, 0.1) is 17.8 Å². The third-order valence-electron chi connectivity index (χ3n) is 5.13. The molecule has 1 fully saturated rings. The molecule has 5 atom stereocenters. The zero-order valence-corrected chi connectivity index (χ0v) is 11.8. The Hall–Kier alpha value is -0.380. The number of hydrogen-bond donors (Lipinski definition) is 3. The summed E-state index contributed by atoms with van der Waals surface area (Å²) in [5.74, 6) is 0.546. The summed E-state index contributed by atoms with van der Waals surface area (Å²) < 4.78 is 0. The summed E-state index contributed by atoms with van der Waals surface area (Å²) in [6.07, 6.45) is 2.77. The van der Waals surface area contributed by atoms with Crippen LogP contribution in [0.1, 0.15) is 47.0 Å². The van der Waals surface area contributed by atoms with Crippen LogP contribution < -0.4 is 0 Å². The van der Waals surface area contributed by atoms with Crippen LogP contribution in [-0.4, -0.2) is 33.1 Å². The van der Waals surface area contributed by atoms with E-state index in [9.17, 15) is 15.3 Å². The first-order valence-corrected chi connectivity index (χ1v) is 6.91. The molecule has 2 aliphatic carbocycles. The lowest BCUT2D eigenvalue weighted by atomic mass is 9.75. The zero-order valence-electron chi connectivity index (χ0n) is 11.8. The van der Waals surface area contributed by atoms with Crippen LogP contribution in [0.15, 0.2) is 11.6 Å². The minimum absolute atomic E-state index is 0.000231. The van der Waals surface area contributed by atoms with Crippen molar-refractivity contribution in [2.75, 3.05) is 0 Å². The van der Waals surface area contributed by atoms with Crippen LogP contribution in [0.2, 0.25) is 0 Å². The Balaban J connectivity index is 2.29. The lowest BCUT2D eigenvalue weighted by Gasteiger charge is -2.35. The Morgan fingerprint density at radius 2 is 1.78 bits per heavy atom. The van der Waals surface area contributed by atoms with E-state index in [0.29, 0.717) is 12.3 Å². The topological polar surface area (TPSA) is 60.7 Å². The lowest BCUT2D eigenvalue weighted by molar-refractivity contribution is -0.0837. The Labute approximate surface area is 110 Å². The summed E-state index contributed by atoms with van der Waals surface area (Å²) in [7, 11) is 0. The molecule has 1 saturated carbocycles. The fourth-order valence-electron chi connectivity index (χ4n) is 3.43. The highest BCUT2D eigenvalue weighted by atomic mass is 16.3. The molecule has 0 aliphatic heterocycles. The van der Waals surface area contributed by atoms with Crippen molar-refractivity contribution in [3.8, 4) is 0 Å². The number of rotatable bonds is 0. The molecule has 0 aromatic heterocycles. The molecule has 2 rings (SSSR count). The monoisotopic (exact) mass is 254 g/mol. The van der Waals surface area contributed by atoms with E-state index in [1.807, 2.05) is 13.0 Å².